The first-order valence-electron chi connectivity index (χ1n) is 13.9. The standard InChI is InChI=1S/C32H42ClNO5/c1-6-8-9-10-16-34-20-24(26-14-13-25(33)17-22(26)11-7-2)21-38-29-15-12-23(18-28(29)34)27(19-30(35)36)31(37)39-32(3,4)5/h6,12-15,17-18,24,27H,1,7-11,16,19-21H2,2-5H3,(H,35,36). The van der Waals surface area contributed by atoms with Crippen molar-refractivity contribution in [1.29, 1.82) is 0 Å². The molecule has 3 rings (SSSR count). The monoisotopic (exact) mass is 555 g/mol. The number of benzene rings is 2. The largest absolute Gasteiger partial charge is 0.491 e. The molecule has 2 atom stereocenters. The van der Waals surface area contributed by atoms with Crippen LogP contribution in [0.3, 0.4) is 0 Å². The molecule has 0 fully saturated rings. The summed E-state index contributed by atoms with van der Waals surface area (Å²) in [5.41, 5.74) is 3.24. The van der Waals surface area contributed by atoms with Crippen LogP contribution in [0, 0.1) is 0 Å². The molecule has 2 aromatic carbocycles. The zero-order valence-electron chi connectivity index (χ0n) is 23.7. The van der Waals surface area contributed by atoms with Crippen molar-refractivity contribution >= 4 is 29.2 Å². The van der Waals surface area contributed by atoms with Crippen molar-refractivity contribution in [3.63, 3.8) is 0 Å². The van der Waals surface area contributed by atoms with Gasteiger partial charge in [-0.15, -0.1) is 6.58 Å². The number of aliphatic carboxylic acids is 1. The maximum Gasteiger partial charge on any atom is 0.314 e. The number of halogens is 1. The molecule has 1 heterocycles. The van der Waals surface area contributed by atoms with Crippen molar-refractivity contribution in [2.24, 2.45) is 0 Å². The van der Waals surface area contributed by atoms with Gasteiger partial charge < -0.3 is 19.5 Å². The maximum absolute atomic E-state index is 13.1. The normalized spacial score (nSPS) is 16.0. The van der Waals surface area contributed by atoms with Crippen LogP contribution in [-0.2, 0) is 20.7 Å². The molecule has 0 amide bonds. The number of ether oxygens (including phenoxy) is 2. The fourth-order valence-corrected chi connectivity index (χ4v) is 5.26. The quantitative estimate of drug-likeness (QED) is 0.166. The number of anilines is 1. The number of carboxylic acids is 1. The number of aryl methyl sites for hydroxylation is 1. The summed E-state index contributed by atoms with van der Waals surface area (Å²) in [5, 5.41) is 10.3. The van der Waals surface area contributed by atoms with Crippen LogP contribution in [-0.4, -0.2) is 42.3 Å². The molecule has 1 aliphatic heterocycles. The van der Waals surface area contributed by atoms with Gasteiger partial charge in [0.1, 0.15) is 11.4 Å². The first-order valence-corrected chi connectivity index (χ1v) is 14.3. The number of esters is 1. The lowest BCUT2D eigenvalue weighted by Crippen LogP contribution is -2.31. The summed E-state index contributed by atoms with van der Waals surface area (Å²) in [7, 11) is 0. The number of carboxylic acid groups (broad SMARTS) is 1. The minimum absolute atomic E-state index is 0.125. The van der Waals surface area contributed by atoms with Crippen LogP contribution in [0.1, 0.15) is 88.3 Å². The molecule has 1 aliphatic rings. The van der Waals surface area contributed by atoms with E-state index in [0.29, 0.717) is 12.2 Å². The zero-order chi connectivity index (χ0) is 28.6. The smallest absolute Gasteiger partial charge is 0.314 e. The van der Waals surface area contributed by atoms with Gasteiger partial charge >= 0.3 is 11.9 Å². The highest BCUT2D eigenvalue weighted by Gasteiger charge is 2.31. The summed E-state index contributed by atoms with van der Waals surface area (Å²) in [6, 6.07) is 11.7. The average Bonchev–Trinajstić information content (AvgIpc) is 3.03. The fraction of sp³-hybridized carbons (Fsp3) is 0.500. The third kappa shape index (κ3) is 8.76. The van der Waals surface area contributed by atoms with Crippen LogP contribution < -0.4 is 9.64 Å². The van der Waals surface area contributed by atoms with Crippen LogP contribution in [0.15, 0.2) is 49.1 Å². The highest BCUT2D eigenvalue weighted by Crippen LogP contribution is 2.39. The Morgan fingerprint density at radius 1 is 1.23 bits per heavy atom. The van der Waals surface area contributed by atoms with Crippen LogP contribution >= 0.6 is 11.6 Å². The summed E-state index contributed by atoms with van der Waals surface area (Å²) < 4.78 is 12.0. The lowest BCUT2D eigenvalue weighted by Gasteiger charge is -2.29. The Balaban J connectivity index is 2.00. The van der Waals surface area contributed by atoms with Crippen molar-refractivity contribution in [2.45, 2.75) is 83.7 Å². The van der Waals surface area contributed by atoms with E-state index in [0.717, 1.165) is 61.7 Å². The molecule has 0 spiro atoms. The number of allylic oxidation sites excluding steroid dienone is 1. The Bertz CT molecular complexity index is 1160. The lowest BCUT2D eigenvalue weighted by atomic mass is 9.91. The van der Waals surface area contributed by atoms with E-state index in [9.17, 15) is 14.7 Å². The highest BCUT2D eigenvalue weighted by atomic mass is 35.5. The minimum atomic E-state index is -1.05. The van der Waals surface area contributed by atoms with E-state index in [1.165, 1.54) is 11.1 Å². The third-order valence-electron chi connectivity index (χ3n) is 6.83. The van der Waals surface area contributed by atoms with E-state index in [2.05, 4.69) is 30.5 Å². The van der Waals surface area contributed by atoms with Gasteiger partial charge in [-0.25, -0.2) is 0 Å². The second-order valence-corrected chi connectivity index (χ2v) is 11.7. The number of hydrogen-bond donors (Lipinski definition) is 1. The minimum Gasteiger partial charge on any atom is -0.491 e. The van der Waals surface area contributed by atoms with Gasteiger partial charge in [-0.2, -0.15) is 0 Å². The van der Waals surface area contributed by atoms with E-state index >= 15 is 0 Å². The molecule has 7 heteroatoms. The number of carbonyl (C=O) groups excluding carboxylic acids is 1. The summed E-state index contributed by atoms with van der Waals surface area (Å²) in [6.45, 7) is 13.4. The second-order valence-electron chi connectivity index (χ2n) is 11.2. The van der Waals surface area contributed by atoms with E-state index in [-0.39, 0.29) is 12.3 Å². The number of carbonyl (C=O) groups is 2. The predicted molar refractivity (Wildman–Crippen MR) is 157 cm³/mol. The van der Waals surface area contributed by atoms with Crippen molar-refractivity contribution < 1.29 is 24.2 Å². The average molecular weight is 556 g/mol. The van der Waals surface area contributed by atoms with Gasteiger partial charge in [0.2, 0.25) is 0 Å². The SMILES string of the molecule is C=CCCCCN1CC(c2ccc(Cl)cc2CCC)COc2ccc(C(CC(=O)O)C(=O)OC(C)(C)C)cc21. The molecule has 2 unspecified atom stereocenters. The molecule has 1 N–H and O–H groups in total. The van der Waals surface area contributed by atoms with Crippen molar-refractivity contribution in [2.75, 3.05) is 24.6 Å². The molecule has 2 aromatic rings. The lowest BCUT2D eigenvalue weighted by molar-refractivity contribution is -0.159. The van der Waals surface area contributed by atoms with Crippen LogP contribution in [0.5, 0.6) is 5.75 Å². The molecule has 212 valence electrons. The van der Waals surface area contributed by atoms with Gasteiger partial charge in [-0.05, 0) is 87.4 Å². The molecule has 0 aromatic heterocycles. The molecule has 0 aliphatic carbocycles. The number of fused-ring (bicyclic) bond motifs is 1. The molecule has 0 saturated carbocycles. The zero-order valence-corrected chi connectivity index (χ0v) is 24.4. The van der Waals surface area contributed by atoms with Crippen LogP contribution in [0.25, 0.3) is 0 Å². The van der Waals surface area contributed by atoms with Gasteiger partial charge in [-0.1, -0.05) is 43.2 Å². The van der Waals surface area contributed by atoms with Crippen molar-refractivity contribution in [3.8, 4) is 5.75 Å². The van der Waals surface area contributed by atoms with Crippen LogP contribution in [0.4, 0.5) is 5.69 Å². The summed E-state index contributed by atoms with van der Waals surface area (Å²) in [5.74, 6) is -1.65. The van der Waals surface area contributed by atoms with Gasteiger partial charge in [0.25, 0.3) is 0 Å². The topological polar surface area (TPSA) is 76.1 Å². The Kier molecular flexibility index (Phi) is 10.9. The molecular formula is C32H42ClNO5. The first-order chi connectivity index (χ1) is 18.5. The number of nitrogens with zero attached hydrogens (tertiary/aromatic N) is 1. The van der Waals surface area contributed by atoms with E-state index in [1.54, 1.807) is 26.8 Å². The van der Waals surface area contributed by atoms with Gasteiger partial charge in [0, 0.05) is 24.0 Å². The molecule has 0 radical (unpaired) electrons. The van der Waals surface area contributed by atoms with E-state index < -0.39 is 23.5 Å². The number of hydrogen-bond acceptors (Lipinski definition) is 5. The van der Waals surface area contributed by atoms with Crippen molar-refractivity contribution in [1.82, 2.24) is 0 Å². The molecule has 6 nitrogen and oxygen atoms in total. The van der Waals surface area contributed by atoms with E-state index in [4.69, 9.17) is 21.1 Å². The molecular weight excluding hydrogens is 514 g/mol. The van der Waals surface area contributed by atoms with Gasteiger partial charge in [0.15, 0.2) is 0 Å². The first kappa shape index (κ1) is 30.6. The highest BCUT2D eigenvalue weighted by molar-refractivity contribution is 6.30. The Morgan fingerprint density at radius 2 is 2.00 bits per heavy atom. The fourth-order valence-electron chi connectivity index (χ4n) is 5.06. The number of rotatable bonds is 12. The maximum atomic E-state index is 13.1. The molecule has 39 heavy (non-hydrogen) atoms. The predicted octanol–water partition coefficient (Wildman–Crippen LogP) is 7.53. The Labute approximate surface area is 237 Å². The summed E-state index contributed by atoms with van der Waals surface area (Å²) in [6.07, 6.45) is 6.47. The van der Waals surface area contributed by atoms with Gasteiger partial charge in [-0.3, -0.25) is 9.59 Å². The van der Waals surface area contributed by atoms with Gasteiger partial charge in [0.05, 0.1) is 24.6 Å². The number of unbranched alkanes of at least 4 members (excludes halogenated alkanes) is 2. The van der Waals surface area contributed by atoms with Crippen LogP contribution in [0.2, 0.25) is 5.02 Å². The van der Waals surface area contributed by atoms with Crippen molar-refractivity contribution in [3.05, 3.63) is 70.8 Å². The Morgan fingerprint density at radius 3 is 2.67 bits per heavy atom. The summed E-state index contributed by atoms with van der Waals surface area (Å²) >= 11 is 6.34. The summed E-state index contributed by atoms with van der Waals surface area (Å²) in [4.78, 5) is 27.1. The Hall–Kier alpha value is -2.99. The van der Waals surface area contributed by atoms with E-state index in [1.807, 2.05) is 24.3 Å². The molecule has 0 saturated heterocycles. The second kappa shape index (κ2) is 13.9. The third-order valence-corrected chi connectivity index (χ3v) is 7.06. The molecule has 0 bridgehead atoms.